The fourth-order valence-corrected chi connectivity index (χ4v) is 3.38. The van der Waals surface area contributed by atoms with Crippen molar-refractivity contribution in [1.82, 2.24) is 14.8 Å². The monoisotopic (exact) mass is 405 g/mol. The lowest BCUT2D eigenvalue weighted by atomic mass is 10.1. The molecule has 1 aromatic carbocycles. The molecule has 4 rings (SSSR count). The predicted molar refractivity (Wildman–Crippen MR) is 109 cm³/mol. The summed E-state index contributed by atoms with van der Waals surface area (Å²) in [5.41, 5.74) is 1.98. The van der Waals surface area contributed by atoms with E-state index in [4.69, 9.17) is 4.42 Å². The molecule has 152 valence electrons. The van der Waals surface area contributed by atoms with Crippen LogP contribution in [0.1, 0.15) is 21.9 Å². The molecule has 8 nitrogen and oxygen atoms in total. The highest BCUT2D eigenvalue weighted by Crippen LogP contribution is 2.25. The quantitative estimate of drug-likeness (QED) is 0.294. The molecule has 0 saturated carbocycles. The van der Waals surface area contributed by atoms with Gasteiger partial charge >= 0.3 is 12.0 Å². The van der Waals surface area contributed by atoms with Crippen LogP contribution in [0, 0.1) is 0 Å². The van der Waals surface area contributed by atoms with Crippen molar-refractivity contribution in [3.8, 4) is 0 Å². The number of urea groups is 1. The van der Waals surface area contributed by atoms with Gasteiger partial charge in [-0.3, -0.25) is 9.69 Å². The summed E-state index contributed by atoms with van der Waals surface area (Å²) in [6.07, 6.45) is 5.36. The van der Waals surface area contributed by atoms with Crippen LogP contribution in [0.15, 0.2) is 65.4 Å². The minimum absolute atomic E-state index is 0.00495. The lowest BCUT2D eigenvalue weighted by molar-refractivity contribution is -0.123. The van der Waals surface area contributed by atoms with Gasteiger partial charge in [-0.1, -0.05) is 24.3 Å². The van der Waals surface area contributed by atoms with Crippen LogP contribution in [-0.4, -0.2) is 34.5 Å². The molecular formula is C22H19N3O5. The van der Waals surface area contributed by atoms with Crippen LogP contribution < -0.4 is 5.32 Å². The summed E-state index contributed by atoms with van der Waals surface area (Å²) in [6, 6.07) is 10.2. The molecule has 0 bridgehead atoms. The van der Waals surface area contributed by atoms with Gasteiger partial charge in [0.1, 0.15) is 11.5 Å². The number of amides is 3. The van der Waals surface area contributed by atoms with Gasteiger partial charge in [-0.05, 0) is 24.3 Å². The molecule has 1 N–H and O–H groups in total. The average molecular weight is 405 g/mol. The van der Waals surface area contributed by atoms with E-state index in [1.165, 1.54) is 19.2 Å². The first-order chi connectivity index (χ1) is 14.5. The van der Waals surface area contributed by atoms with Crippen LogP contribution in [0.5, 0.6) is 0 Å². The Hall–Kier alpha value is -4.07. The zero-order valence-electron chi connectivity index (χ0n) is 16.3. The second-order valence-electron chi connectivity index (χ2n) is 6.68. The Morgan fingerprint density at radius 3 is 2.80 bits per heavy atom. The molecule has 3 amide bonds. The SMILES string of the molecule is C=CCn1cc(C=C2NC(=O)N(Cc3ccc(C(=O)OC)o3)C2=O)c2ccccc21. The molecule has 2 aromatic heterocycles. The number of nitrogens with one attached hydrogen (secondary N) is 1. The zero-order valence-corrected chi connectivity index (χ0v) is 16.3. The number of carbonyl (C=O) groups is 3. The fourth-order valence-electron chi connectivity index (χ4n) is 3.38. The fraction of sp³-hybridized carbons (Fsp3) is 0.136. The molecule has 0 radical (unpaired) electrons. The predicted octanol–water partition coefficient (Wildman–Crippen LogP) is 3.30. The van der Waals surface area contributed by atoms with Crippen LogP contribution in [0.25, 0.3) is 17.0 Å². The Kier molecular flexibility index (Phi) is 4.97. The number of hydrogen-bond donors (Lipinski definition) is 1. The van der Waals surface area contributed by atoms with Crippen molar-refractivity contribution < 1.29 is 23.5 Å². The number of allylic oxidation sites excluding steroid dienone is 1. The van der Waals surface area contributed by atoms with Gasteiger partial charge in [0.15, 0.2) is 0 Å². The smallest absolute Gasteiger partial charge is 0.373 e. The summed E-state index contributed by atoms with van der Waals surface area (Å²) in [7, 11) is 1.24. The van der Waals surface area contributed by atoms with E-state index in [-0.39, 0.29) is 18.0 Å². The molecule has 1 fully saturated rings. The van der Waals surface area contributed by atoms with Gasteiger partial charge < -0.3 is 19.0 Å². The lowest BCUT2D eigenvalue weighted by Gasteiger charge is -2.09. The number of esters is 1. The molecule has 30 heavy (non-hydrogen) atoms. The molecule has 0 spiro atoms. The van der Waals surface area contributed by atoms with Crippen LogP contribution in [-0.2, 0) is 22.6 Å². The number of methoxy groups -OCH3 is 1. The number of carbonyl (C=O) groups excluding carboxylic acids is 3. The van der Waals surface area contributed by atoms with Gasteiger partial charge in [0.25, 0.3) is 5.91 Å². The maximum absolute atomic E-state index is 12.8. The number of rotatable bonds is 6. The second kappa shape index (κ2) is 7.75. The lowest BCUT2D eigenvalue weighted by Crippen LogP contribution is -2.30. The number of fused-ring (bicyclic) bond motifs is 1. The van der Waals surface area contributed by atoms with Crippen molar-refractivity contribution in [1.29, 1.82) is 0 Å². The summed E-state index contributed by atoms with van der Waals surface area (Å²) >= 11 is 0. The minimum atomic E-state index is -0.630. The molecule has 3 heterocycles. The van der Waals surface area contributed by atoms with Crippen molar-refractivity contribution in [3.63, 3.8) is 0 Å². The Morgan fingerprint density at radius 2 is 2.03 bits per heavy atom. The Morgan fingerprint density at radius 1 is 1.23 bits per heavy atom. The van der Waals surface area contributed by atoms with E-state index < -0.39 is 17.9 Å². The molecule has 1 aliphatic heterocycles. The maximum Gasteiger partial charge on any atom is 0.373 e. The van der Waals surface area contributed by atoms with E-state index >= 15 is 0 Å². The first-order valence-corrected chi connectivity index (χ1v) is 9.22. The summed E-state index contributed by atoms with van der Waals surface area (Å²) < 4.78 is 12.0. The van der Waals surface area contributed by atoms with E-state index in [0.717, 1.165) is 21.4 Å². The number of benzene rings is 1. The Bertz CT molecular complexity index is 1200. The van der Waals surface area contributed by atoms with Gasteiger partial charge in [-0.25, -0.2) is 9.59 Å². The average Bonchev–Trinajstić information content (AvgIpc) is 3.42. The third kappa shape index (κ3) is 3.39. The molecule has 3 aromatic rings. The highest BCUT2D eigenvalue weighted by Gasteiger charge is 2.34. The highest BCUT2D eigenvalue weighted by molar-refractivity contribution is 6.14. The van der Waals surface area contributed by atoms with Gasteiger partial charge in [-0.15, -0.1) is 6.58 Å². The van der Waals surface area contributed by atoms with Crippen molar-refractivity contribution in [2.45, 2.75) is 13.1 Å². The largest absolute Gasteiger partial charge is 0.463 e. The summed E-state index contributed by atoms with van der Waals surface area (Å²) in [6.45, 7) is 4.30. The normalized spacial score (nSPS) is 15.1. The van der Waals surface area contributed by atoms with E-state index in [9.17, 15) is 14.4 Å². The third-order valence-electron chi connectivity index (χ3n) is 4.77. The number of nitrogens with zero attached hydrogens (tertiary/aromatic N) is 2. The van der Waals surface area contributed by atoms with E-state index in [2.05, 4.69) is 16.6 Å². The summed E-state index contributed by atoms with van der Waals surface area (Å²) in [5.74, 6) is -0.806. The molecular weight excluding hydrogens is 386 g/mol. The van der Waals surface area contributed by atoms with Crippen LogP contribution in [0.2, 0.25) is 0 Å². The molecule has 0 aliphatic carbocycles. The van der Waals surface area contributed by atoms with Crippen molar-refractivity contribution in [2.24, 2.45) is 0 Å². The van der Waals surface area contributed by atoms with Crippen molar-refractivity contribution in [2.75, 3.05) is 7.11 Å². The summed E-state index contributed by atoms with van der Waals surface area (Å²) in [5, 5.41) is 3.56. The van der Waals surface area contributed by atoms with Gasteiger partial charge in [0.05, 0.1) is 13.7 Å². The topological polar surface area (TPSA) is 93.8 Å². The molecule has 0 unspecified atom stereocenters. The van der Waals surface area contributed by atoms with E-state index in [0.29, 0.717) is 12.3 Å². The number of hydrogen-bond acceptors (Lipinski definition) is 5. The van der Waals surface area contributed by atoms with Crippen LogP contribution in [0.4, 0.5) is 4.79 Å². The maximum atomic E-state index is 12.8. The zero-order chi connectivity index (χ0) is 21.3. The van der Waals surface area contributed by atoms with E-state index in [1.807, 2.05) is 35.0 Å². The third-order valence-corrected chi connectivity index (χ3v) is 4.77. The molecule has 1 saturated heterocycles. The van der Waals surface area contributed by atoms with Gasteiger partial charge in [-0.2, -0.15) is 0 Å². The molecule has 8 heteroatoms. The highest BCUT2D eigenvalue weighted by atomic mass is 16.5. The number of para-hydroxylation sites is 1. The van der Waals surface area contributed by atoms with Gasteiger partial charge in [0, 0.05) is 29.2 Å². The van der Waals surface area contributed by atoms with Crippen LogP contribution in [0.3, 0.4) is 0 Å². The minimum Gasteiger partial charge on any atom is -0.463 e. The first-order valence-electron chi connectivity index (χ1n) is 9.22. The molecule has 0 atom stereocenters. The standard InChI is InChI=1S/C22H19N3O5/c1-3-10-24-12-14(16-6-4-5-7-18(16)24)11-17-20(26)25(22(28)23-17)13-15-8-9-19(30-15)21(27)29-2/h3-9,11-12H,1,10,13H2,2H3,(H,23,28). The van der Waals surface area contributed by atoms with Crippen LogP contribution >= 0.6 is 0 Å². The Labute approximate surface area is 172 Å². The van der Waals surface area contributed by atoms with E-state index in [1.54, 1.807) is 12.2 Å². The molecule has 1 aliphatic rings. The second-order valence-corrected chi connectivity index (χ2v) is 6.68. The number of imide groups is 1. The number of aromatic nitrogens is 1. The first kappa shape index (κ1) is 19.3. The van der Waals surface area contributed by atoms with Gasteiger partial charge in [0.2, 0.25) is 5.76 Å². The number of furan rings is 1. The van der Waals surface area contributed by atoms with Crippen molar-refractivity contribution in [3.05, 3.63) is 78.0 Å². The Balaban J connectivity index is 1.61. The number of ether oxygens (including phenoxy) is 1. The summed E-state index contributed by atoms with van der Waals surface area (Å²) in [4.78, 5) is 37.7. The van der Waals surface area contributed by atoms with Crippen molar-refractivity contribution >= 4 is 34.9 Å².